The number of thiophene rings is 1. The lowest BCUT2D eigenvalue weighted by atomic mass is 10.2. The largest absolute Gasteiger partial charge is 0.321 e. The number of hydrogen-bond acceptors (Lipinski definition) is 2. The first-order chi connectivity index (χ1) is 10.0. The molecule has 0 aliphatic carbocycles. The van der Waals surface area contributed by atoms with Gasteiger partial charge >= 0.3 is 0 Å². The predicted octanol–water partition coefficient (Wildman–Crippen LogP) is 5.19. The molecule has 3 aromatic rings. The van der Waals surface area contributed by atoms with Crippen molar-refractivity contribution in [3.63, 3.8) is 0 Å². The normalized spacial score (nSPS) is 10.8. The van der Waals surface area contributed by atoms with Gasteiger partial charge in [-0.2, -0.15) is 0 Å². The SMILES string of the molecule is O=C(Nc1ccc(Br)c(F)c1)c1cc2ccc(F)cc2s1. The van der Waals surface area contributed by atoms with Gasteiger partial charge in [0.05, 0.1) is 9.35 Å². The number of anilines is 1. The third-order valence-corrected chi connectivity index (χ3v) is 4.62. The summed E-state index contributed by atoms with van der Waals surface area (Å²) in [4.78, 5) is 12.6. The van der Waals surface area contributed by atoms with Gasteiger partial charge in [0.25, 0.3) is 5.91 Å². The molecule has 106 valence electrons. The number of rotatable bonds is 2. The zero-order valence-corrected chi connectivity index (χ0v) is 12.9. The highest BCUT2D eigenvalue weighted by atomic mass is 79.9. The Morgan fingerprint density at radius 2 is 1.90 bits per heavy atom. The van der Waals surface area contributed by atoms with Gasteiger partial charge < -0.3 is 5.32 Å². The number of carbonyl (C=O) groups excluding carboxylic acids is 1. The Morgan fingerprint density at radius 1 is 1.10 bits per heavy atom. The fraction of sp³-hybridized carbons (Fsp3) is 0. The van der Waals surface area contributed by atoms with E-state index >= 15 is 0 Å². The first-order valence-corrected chi connectivity index (χ1v) is 7.59. The number of halogens is 3. The maximum Gasteiger partial charge on any atom is 0.265 e. The molecule has 0 fully saturated rings. The summed E-state index contributed by atoms with van der Waals surface area (Å²) in [6.07, 6.45) is 0. The summed E-state index contributed by atoms with van der Waals surface area (Å²) in [5, 5.41) is 3.42. The van der Waals surface area contributed by atoms with Crippen LogP contribution in [0.5, 0.6) is 0 Å². The second kappa shape index (κ2) is 5.54. The van der Waals surface area contributed by atoms with E-state index in [-0.39, 0.29) is 11.7 Å². The highest BCUT2D eigenvalue weighted by molar-refractivity contribution is 9.10. The van der Waals surface area contributed by atoms with E-state index in [9.17, 15) is 13.6 Å². The second-order valence-corrected chi connectivity index (χ2v) is 6.31. The molecule has 0 unspecified atom stereocenters. The summed E-state index contributed by atoms with van der Waals surface area (Å²) in [7, 11) is 0. The van der Waals surface area contributed by atoms with E-state index in [4.69, 9.17) is 0 Å². The maximum absolute atomic E-state index is 13.4. The minimum atomic E-state index is -0.453. The molecule has 0 spiro atoms. The van der Waals surface area contributed by atoms with E-state index in [1.165, 1.54) is 35.6 Å². The van der Waals surface area contributed by atoms with Gasteiger partial charge in [0.2, 0.25) is 0 Å². The van der Waals surface area contributed by atoms with Crippen molar-refractivity contribution in [3.8, 4) is 0 Å². The average molecular weight is 368 g/mol. The molecular weight excluding hydrogens is 360 g/mol. The van der Waals surface area contributed by atoms with Gasteiger partial charge in [0.15, 0.2) is 0 Å². The molecule has 0 atom stereocenters. The van der Waals surface area contributed by atoms with E-state index in [0.717, 1.165) is 5.39 Å². The number of benzene rings is 2. The number of carbonyl (C=O) groups is 1. The van der Waals surface area contributed by atoms with Crippen LogP contribution in [0.1, 0.15) is 9.67 Å². The molecular formula is C15H8BrF2NOS. The molecule has 1 aromatic heterocycles. The number of amides is 1. The number of nitrogens with one attached hydrogen (secondary N) is 1. The van der Waals surface area contributed by atoms with Crippen molar-refractivity contribution in [1.29, 1.82) is 0 Å². The lowest BCUT2D eigenvalue weighted by Gasteiger charge is -2.04. The van der Waals surface area contributed by atoms with Crippen LogP contribution in [0.15, 0.2) is 46.9 Å². The van der Waals surface area contributed by atoms with Crippen LogP contribution in [0, 0.1) is 11.6 Å². The Kier molecular flexibility index (Phi) is 3.73. The van der Waals surface area contributed by atoms with Gasteiger partial charge in [0, 0.05) is 10.4 Å². The predicted molar refractivity (Wildman–Crippen MR) is 83.8 cm³/mol. The quantitative estimate of drug-likeness (QED) is 0.662. The first kappa shape index (κ1) is 14.2. The van der Waals surface area contributed by atoms with Gasteiger partial charge in [-0.15, -0.1) is 11.3 Å². The van der Waals surface area contributed by atoms with Crippen molar-refractivity contribution in [2.24, 2.45) is 0 Å². The van der Waals surface area contributed by atoms with Crippen LogP contribution in [0.4, 0.5) is 14.5 Å². The zero-order chi connectivity index (χ0) is 15.0. The molecule has 2 aromatic carbocycles. The molecule has 1 N–H and O–H groups in total. The molecule has 0 saturated carbocycles. The van der Waals surface area contributed by atoms with Crippen molar-refractivity contribution < 1.29 is 13.6 Å². The summed E-state index contributed by atoms with van der Waals surface area (Å²) in [5.74, 6) is -1.14. The summed E-state index contributed by atoms with van der Waals surface area (Å²) >= 11 is 4.24. The second-order valence-electron chi connectivity index (χ2n) is 4.38. The lowest BCUT2D eigenvalue weighted by molar-refractivity contribution is 0.103. The maximum atomic E-state index is 13.4. The van der Waals surface area contributed by atoms with E-state index in [1.54, 1.807) is 18.2 Å². The van der Waals surface area contributed by atoms with Crippen molar-refractivity contribution in [1.82, 2.24) is 0 Å². The molecule has 2 nitrogen and oxygen atoms in total. The fourth-order valence-corrected chi connectivity index (χ4v) is 3.11. The Hall–Kier alpha value is -1.79. The van der Waals surface area contributed by atoms with E-state index < -0.39 is 5.82 Å². The van der Waals surface area contributed by atoms with Crippen molar-refractivity contribution in [3.05, 3.63) is 63.4 Å². The molecule has 3 rings (SSSR count). The summed E-state index contributed by atoms with van der Waals surface area (Å²) in [6, 6.07) is 10.4. The third-order valence-electron chi connectivity index (χ3n) is 2.88. The minimum Gasteiger partial charge on any atom is -0.321 e. The van der Waals surface area contributed by atoms with Gasteiger partial charge in [-0.05, 0) is 57.7 Å². The van der Waals surface area contributed by atoms with E-state index in [2.05, 4.69) is 21.2 Å². The van der Waals surface area contributed by atoms with Crippen molar-refractivity contribution >= 4 is 48.9 Å². The molecule has 0 aliphatic rings. The topological polar surface area (TPSA) is 29.1 Å². The van der Waals surface area contributed by atoms with Gasteiger partial charge in [-0.25, -0.2) is 8.78 Å². The molecule has 1 heterocycles. The Morgan fingerprint density at radius 3 is 2.67 bits per heavy atom. The van der Waals surface area contributed by atoms with Crippen LogP contribution in [0.25, 0.3) is 10.1 Å². The van der Waals surface area contributed by atoms with Gasteiger partial charge in [-0.1, -0.05) is 6.07 Å². The van der Waals surface area contributed by atoms with Crippen LogP contribution in [-0.2, 0) is 0 Å². The van der Waals surface area contributed by atoms with Crippen LogP contribution >= 0.6 is 27.3 Å². The highest BCUT2D eigenvalue weighted by Gasteiger charge is 2.12. The fourth-order valence-electron chi connectivity index (χ4n) is 1.88. The Balaban J connectivity index is 1.87. The van der Waals surface area contributed by atoms with Crippen molar-refractivity contribution in [2.75, 3.05) is 5.32 Å². The van der Waals surface area contributed by atoms with Crippen LogP contribution < -0.4 is 5.32 Å². The smallest absolute Gasteiger partial charge is 0.265 e. The standard InChI is InChI=1S/C15H8BrF2NOS/c16-11-4-3-10(7-12(11)18)19-15(20)14-5-8-1-2-9(17)6-13(8)21-14/h1-7H,(H,19,20). The highest BCUT2D eigenvalue weighted by Crippen LogP contribution is 2.27. The summed E-state index contributed by atoms with van der Waals surface area (Å²) in [6.45, 7) is 0. The van der Waals surface area contributed by atoms with Gasteiger partial charge in [-0.3, -0.25) is 4.79 Å². The summed E-state index contributed by atoms with van der Waals surface area (Å²) in [5.41, 5.74) is 0.365. The molecule has 0 radical (unpaired) electrons. The van der Waals surface area contributed by atoms with E-state index in [1.807, 2.05) is 0 Å². The monoisotopic (exact) mass is 367 g/mol. The number of hydrogen-bond donors (Lipinski definition) is 1. The Labute approximate surface area is 131 Å². The minimum absolute atomic E-state index is 0.331. The molecule has 0 bridgehead atoms. The molecule has 0 saturated heterocycles. The number of fused-ring (bicyclic) bond motifs is 1. The van der Waals surface area contributed by atoms with Crippen LogP contribution in [0.3, 0.4) is 0 Å². The molecule has 21 heavy (non-hydrogen) atoms. The lowest BCUT2D eigenvalue weighted by Crippen LogP contribution is -2.10. The van der Waals surface area contributed by atoms with Crippen LogP contribution in [0.2, 0.25) is 0 Å². The zero-order valence-electron chi connectivity index (χ0n) is 10.5. The molecule has 6 heteroatoms. The molecule has 1 amide bonds. The van der Waals surface area contributed by atoms with Crippen LogP contribution in [-0.4, -0.2) is 5.91 Å². The molecule has 0 aliphatic heterocycles. The Bertz CT molecular complexity index is 847. The third kappa shape index (κ3) is 2.96. The van der Waals surface area contributed by atoms with Gasteiger partial charge in [0.1, 0.15) is 11.6 Å². The average Bonchev–Trinajstić information content (AvgIpc) is 2.86. The summed E-state index contributed by atoms with van der Waals surface area (Å²) < 4.78 is 27.6. The van der Waals surface area contributed by atoms with Crippen molar-refractivity contribution in [2.45, 2.75) is 0 Å². The van der Waals surface area contributed by atoms with E-state index in [0.29, 0.717) is 19.7 Å². The first-order valence-electron chi connectivity index (χ1n) is 5.98.